The highest BCUT2D eigenvalue weighted by molar-refractivity contribution is 7.13. The van der Waals surface area contributed by atoms with Crippen molar-refractivity contribution in [2.24, 2.45) is 5.92 Å². The average molecular weight is 442 g/mol. The number of nitrogens with zero attached hydrogens (tertiary/aromatic N) is 3. The molecule has 8 heteroatoms. The molecule has 0 saturated heterocycles. The van der Waals surface area contributed by atoms with Gasteiger partial charge < -0.3 is 10.4 Å². The molecular formula is C22H22ClN4O2S. The number of ketones is 1. The monoisotopic (exact) mass is 441 g/mol. The van der Waals surface area contributed by atoms with Crippen LogP contribution >= 0.6 is 22.9 Å². The summed E-state index contributed by atoms with van der Waals surface area (Å²) in [5.74, 6) is 0.220. The van der Waals surface area contributed by atoms with Crippen molar-refractivity contribution < 1.29 is 9.90 Å². The summed E-state index contributed by atoms with van der Waals surface area (Å²) in [6.45, 7) is 5.92. The van der Waals surface area contributed by atoms with Crippen LogP contribution in [0.5, 0.6) is 0 Å². The molecule has 0 aliphatic heterocycles. The number of hydrogen-bond donors (Lipinski definition) is 2. The number of aryl methyl sites for hydroxylation is 1. The van der Waals surface area contributed by atoms with E-state index in [1.807, 2.05) is 31.2 Å². The van der Waals surface area contributed by atoms with Gasteiger partial charge >= 0.3 is 0 Å². The Kier molecular flexibility index (Phi) is 6.13. The average Bonchev–Trinajstić information content (AvgIpc) is 3.23. The molecule has 0 spiro atoms. The molecular weight excluding hydrogens is 420 g/mol. The first-order valence-corrected chi connectivity index (χ1v) is 10.9. The zero-order valence-corrected chi connectivity index (χ0v) is 18.1. The van der Waals surface area contributed by atoms with Crippen LogP contribution in [0.4, 0.5) is 5.82 Å². The molecule has 2 aromatic heterocycles. The highest BCUT2D eigenvalue weighted by Crippen LogP contribution is 2.29. The van der Waals surface area contributed by atoms with Crippen molar-refractivity contribution in [1.29, 1.82) is 0 Å². The summed E-state index contributed by atoms with van der Waals surface area (Å²) in [5, 5.41) is 14.3. The summed E-state index contributed by atoms with van der Waals surface area (Å²) in [5.41, 5.74) is 2.28. The first-order chi connectivity index (χ1) is 14.4. The van der Waals surface area contributed by atoms with Gasteiger partial charge in [-0.3, -0.25) is 4.79 Å². The van der Waals surface area contributed by atoms with E-state index in [1.54, 1.807) is 0 Å². The van der Waals surface area contributed by atoms with E-state index < -0.39 is 6.10 Å². The quantitative estimate of drug-likeness (QED) is 0.560. The number of aliphatic hydroxyl groups excluding tert-OH is 1. The molecule has 6 nitrogen and oxygen atoms in total. The van der Waals surface area contributed by atoms with Gasteiger partial charge in [0.05, 0.1) is 17.4 Å². The number of carbonyl (C=O) groups excluding carboxylic acids is 1. The van der Waals surface area contributed by atoms with Crippen LogP contribution in [0, 0.1) is 19.8 Å². The van der Waals surface area contributed by atoms with Gasteiger partial charge in [0.1, 0.15) is 12.1 Å². The van der Waals surface area contributed by atoms with Crippen molar-refractivity contribution in [3.63, 3.8) is 0 Å². The van der Waals surface area contributed by atoms with Crippen molar-refractivity contribution in [2.45, 2.75) is 38.3 Å². The summed E-state index contributed by atoms with van der Waals surface area (Å²) < 4.78 is 0. The van der Waals surface area contributed by atoms with E-state index in [-0.39, 0.29) is 17.7 Å². The molecule has 1 fully saturated rings. The van der Waals surface area contributed by atoms with Crippen LogP contribution in [-0.4, -0.2) is 38.0 Å². The lowest BCUT2D eigenvalue weighted by Gasteiger charge is -2.14. The lowest BCUT2D eigenvalue weighted by Crippen LogP contribution is -2.20. The lowest BCUT2D eigenvalue weighted by molar-refractivity contribution is 0.103. The highest BCUT2D eigenvalue weighted by atomic mass is 35.5. The molecule has 0 unspecified atom stereocenters. The standard InChI is InChI=1S/C22H22ClN4O2S/c1-12-6-16(9-19(12)28)26-21-17(10-24-11-25-21)20(29)22-27-18(13(2)30-22)8-14-4-3-5-15(23)7-14/h3-5,7,10-12,16,19,28H,1,6,8-9H2,2H3,(H,24,25,26)/t12-,16-,19+/m1/s1. The predicted octanol–water partition coefficient (Wildman–Crippen LogP) is 4.10. The van der Waals surface area contributed by atoms with Crippen LogP contribution in [-0.2, 0) is 6.42 Å². The predicted molar refractivity (Wildman–Crippen MR) is 118 cm³/mol. The molecule has 3 aromatic rings. The molecule has 1 radical (unpaired) electrons. The molecule has 2 heterocycles. The summed E-state index contributed by atoms with van der Waals surface area (Å²) >= 11 is 7.45. The number of thiazole rings is 1. The van der Waals surface area contributed by atoms with E-state index in [1.165, 1.54) is 23.9 Å². The number of carbonyl (C=O) groups is 1. The fourth-order valence-corrected chi connectivity index (χ4v) is 4.77. The maximum atomic E-state index is 13.2. The summed E-state index contributed by atoms with van der Waals surface area (Å²) in [6.07, 6.45) is 4.38. The van der Waals surface area contributed by atoms with E-state index in [4.69, 9.17) is 11.6 Å². The van der Waals surface area contributed by atoms with Gasteiger partial charge in [-0.15, -0.1) is 11.3 Å². The minimum Gasteiger partial charge on any atom is -0.393 e. The molecule has 4 rings (SSSR count). The number of rotatable bonds is 6. The Labute approximate surface area is 184 Å². The van der Waals surface area contributed by atoms with Gasteiger partial charge in [-0.2, -0.15) is 0 Å². The van der Waals surface area contributed by atoms with Crippen molar-refractivity contribution in [2.75, 3.05) is 5.32 Å². The minimum atomic E-state index is -0.445. The highest BCUT2D eigenvalue weighted by Gasteiger charge is 2.31. The summed E-state index contributed by atoms with van der Waals surface area (Å²) in [6, 6.07) is 7.64. The first kappa shape index (κ1) is 20.9. The Morgan fingerprint density at radius 2 is 2.23 bits per heavy atom. The van der Waals surface area contributed by atoms with Gasteiger partial charge in [0.2, 0.25) is 5.78 Å². The van der Waals surface area contributed by atoms with E-state index >= 15 is 0 Å². The van der Waals surface area contributed by atoms with Gasteiger partial charge in [-0.1, -0.05) is 23.7 Å². The second-order valence-electron chi connectivity index (χ2n) is 7.58. The molecule has 3 atom stereocenters. The molecule has 0 bridgehead atoms. The van der Waals surface area contributed by atoms with Gasteiger partial charge in [0, 0.05) is 28.6 Å². The molecule has 30 heavy (non-hydrogen) atoms. The molecule has 1 aliphatic carbocycles. The number of benzene rings is 1. The van der Waals surface area contributed by atoms with E-state index in [0.717, 1.165) is 22.6 Å². The SMILES string of the molecule is [CH2][C@@H]1C[C@@H](Nc2ncncc2C(=O)c2nc(Cc3cccc(Cl)c3)c(C)s2)C[C@@H]1O. The minimum absolute atomic E-state index is 0.0142. The fraction of sp³-hybridized carbons (Fsp3) is 0.318. The smallest absolute Gasteiger partial charge is 0.226 e. The van der Waals surface area contributed by atoms with Crippen LogP contribution in [0.2, 0.25) is 5.02 Å². The number of aliphatic hydroxyl groups is 1. The van der Waals surface area contributed by atoms with Crippen LogP contribution in [0.15, 0.2) is 36.8 Å². The molecule has 2 N–H and O–H groups in total. The van der Waals surface area contributed by atoms with Crippen LogP contribution in [0.3, 0.4) is 0 Å². The number of nitrogens with one attached hydrogen (secondary N) is 1. The van der Waals surface area contributed by atoms with Crippen LogP contribution < -0.4 is 5.32 Å². The van der Waals surface area contributed by atoms with Crippen molar-refractivity contribution in [3.8, 4) is 0 Å². The van der Waals surface area contributed by atoms with Gasteiger partial charge in [-0.25, -0.2) is 15.0 Å². The maximum absolute atomic E-state index is 13.2. The zero-order chi connectivity index (χ0) is 21.3. The van der Waals surface area contributed by atoms with Crippen LogP contribution in [0.1, 0.15) is 44.3 Å². The largest absolute Gasteiger partial charge is 0.393 e. The number of halogens is 1. The Morgan fingerprint density at radius 3 is 2.97 bits per heavy atom. The Hall–Kier alpha value is -2.35. The van der Waals surface area contributed by atoms with Gasteiger partial charge in [-0.05, 0) is 50.3 Å². The molecule has 155 valence electrons. The first-order valence-electron chi connectivity index (χ1n) is 9.74. The maximum Gasteiger partial charge on any atom is 0.226 e. The zero-order valence-electron chi connectivity index (χ0n) is 16.5. The van der Waals surface area contributed by atoms with Gasteiger partial charge in [0.25, 0.3) is 0 Å². The summed E-state index contributed by atoms with van der Waals surface area (Å²) in [4.78, 5) is 27.1. The lowest BCUT2D eigenvalue weighted by atomic mass is 10.1. The molecule has 0 amide bonds. The Balaban J connectivity index is 1.55. The third kappa shape index (κ3) is 4.53. The molecule has 1 aliphatic rings. The normalized spacial score (nSPS) is 21.0. The van der Waals surface area contributed by atoms with E-state index in [0.29, 0.717) is 34.3 Å². The van der Waals surface area contributed by atoms with Crippen LogP contribution in [0.25, 0.3) is 0 Å². The van der Waals surface area contributed by atoms with Crippen molar-refractivity contribution in [3.05, 3.63) is 75.4 Å². The molecule has 1 saturated carbocycles. The van der Waals surface area contributed by atoms with Crippen molar-refractivity contribution in [1.82, 2.24) is 15.0 Å². The third-order valence-electron chi connectivity index (χ3n) is 5.30. The topological polar surface area (TPSA) is 88.0 Å². The molecule has 1 aromatic carbocycles. The second-order valence-corrected chi connectivity index (χ2v) is 9.22. The fourth-order valence-electron chi connectivity index (χ4n) is 3.67. The third-order valence-corrected chi connectivity index (χ3v) is 6.55. The summed E-state index contributed by atoms with van der Waals surface area (Å²) in [7, 11) is 0. The van der Waals surface area contributed by atoms with Crippen molar-refractivity contribution >= 4 is 34.5 Å². The number of anilines is 1. The Bertz CT molecular complexity index is 1060. The second kappa shape index (κ2) is 8.79. The number of aromatic nitrogens is 3. The van der Waals surface area contributed by atoms with E-state index in [9.17, 15) is 9.90 Å². The van der Waals surface area contributed by atoms with Gasteiger partial charge in [0.15, 0.2) is 5.01 Å². The Morgan fingerprint density at radius 1 is 1.40 bits per heavy atom. The number of hydrogen-bond acceptors (Lipinski definition) is 7. The van der Waals surface area contributed by atoms with E-state index in [2.05, 4.69) is 27.2 Å².